The van der Waals surface area contributed by atoms with Crippen LogP contribution in [-0.2, 0) is 0 Å². The van der Waals surface area contributed by atoms with Crippen molar-refractivity contribution >= 4 is 33.6 Å². The molecule has 0 radical (unpaired) electrons. The molecule has 9 nitrogen and oxygen atoms in total. The largest absolute Gasteiger partial charge is 0.397 e. The van der Waals surface area contributed by atoms with Gasteiger partial charge in [-0.3, -0.25) is 10.1 Å². The highest BCUT2D eigenvalue weighted by molar-refractivity contribution is 5.95. The van der Waals surface area contributed by atoms with Crippen molar-refractivity contribution in [2.75, 3.05) is 23.7 Å². The standard InChI is InChI=1S/C22H21N9/c23-15-8-13(10-24-12-15)14-9-16-18(29-30-20(16)26-11-14)22-27-19-17(4-5-25-21(19)28-22)31-6-2-1-3-7-31/h4-5,8-12H,1-3,6-7,23H2,(H,25,27,28)(H,26,29,30). The van der Waals surface area contributed by atoms with Crippen LogP contribution in [-0.4, -0.2) is 48.2 Å². The molecule has 1 saturated heterocycles. The van der Waals surface area contributed by atoms with Gasteiger partial charge in [-0.1, -0.05) is 0 Å². The summed E-state index contributed by atoms with van der Waals surface area (Å²) in [5.41, 5.74) is 12.5. The Morgan fingerprint density at radius 1 is 0.935 bits per heavy atom. The number of anilines is 2. The first-order valence-electron chi connectivity index (χ1n) is 10.4. The number of rotatable bonds is 3. The summed E-state index contributed by atoms with van der Waals surface area (Å²) in [5, 5.41) is 8.37. The molecule has 0 atom stereocenters. The topological polar surface area (TPSA) is 125 Å². The number of H-pyrrole nitrogens is 2. The number of nitrogen functional groups attached to an aromatic ring is 1. The lowest BCUT2D eigenvalue weighted by Crippen LogP contribution is -2.29. The van der Waals surface area contributed by atoms with E-state index >= 15 is 0 Å². The number of pyridine rings is 3. The molecule has 0 bridgehead atoms. The minimum atomic E-state index is 0.610. The van der Waals surface area contributed by atoms with Crippen molar-refractivity contribution in [1.82, 2.24) is 35.1 Å². The summed E-state index contributed by atoms with van der Waals surface area (Å²) in [7, 11) is 0. The number of hydrogen-bond donors (Lipinski definition) is 3. The lowest BCUT2D eigenvalue weighted by molar-refractivity contribution is 0.578. The maximum absolute atomic E-state index is 5.90. The second kappa shape index (κ2) is 7.05. The number of nitrogens with one attached hydrogen (secondary N) is 2. The SMILES string of the molecule is Nc1cncc(-c2cnc3[nH]nc(-c4nc5c(N6CCCCC6)ccnc5[nH]4)c3c2)c1. The van der Waals surface area contributed by atoms with Crippen LogP contribution in [0.1, 0.15) is 19.3 Å². The Balaban J connectivity index is 1.46. The molecule has 0 unspecified atom stereocenters. The molecule has 4 N–H and O–H groups in total. The number of nitrogens with two attached hydrogens (primary N) is 1. The molecule has 5 aromatic heterocycles. The molecule has 154 valence electrons. The number of fused-ring (bicyclic) bond motifs is 2. The molecule has 1 aliphatic rings. The summed E-state index contributed by atoms with van der Waals surface area (Å²) in [6.45, 7) is 2.10. The van der Waals surface area contributed by atoms with E-state index in [9.17, 15) is 0 Å². The fourth-order valence-electron chi connectivity index (χ4n) is 4.26. The monoisotopic (exact) mass is 411 g/mol. The van der Waals surface area contributed by atoms with Gasteiger partial charge in [-0.15, -0.1) is 0 Å². The summed E-state index contributed by atoms with van der Waals surface area (Å²) >= 11 is 0. The Kier molecular flexibility index (Phi) is 4.05. The first-order valence-corrected chi connectivity index (χ1v) is 10.4. The van der Waals surface area contributed by atoms with Crippen molar-refractivity contribution in [3.8, 4) is 22.6 Å². The summed E-state index contributed by atoms with van der Waals surface area (Å²) in [4.78, 5) is 23.8. The van der Waals surface area contributed by atoms with Gasteiger partial charge >= 0.3 is 0 Å². The Bertz CT molecular complexity index is 1390. The number of aromatic amines is 2. The molecule has 6 rings (SSSR count). The van der Waals surface area contributed by atoms with E-state index in [0.717, 1.165) is 46.5 Å². The molecule has 0 amide bonds. The fraction of sp³-hybridized carbons (Fsp3) is 0.227. The van der Waals surface area contributed by atoms with Gasteiger partial charge in [-0.2, -0.15) is 5.10 Å². The zero-order chi connectivity index (χ0) is 20.8. The smallest absolute Gasteiger partial charge is 0.161 e. The lowest BCUT2D eigenvalue weighted by Gasteiger charge is -2.28. The van der Waals surface area contributed by atoms with E-state index in [4.69, 9.17) is 10.7 Å². The van der Waals surface area contributed by atoms with Gasteiger partial charge in [-0.05, 0) is 37.5 Å². The van der Waals surface area contributed by atoms with E-state index in [1.807, 2.05) is 24.4 Å². The average molecular weight is 411 g/mol. The minimum absolute atomic E-state index is 0.610. The predicted molar refractivity (Wildman–Crippen MR) is 120 cm³/mol. The van der Waals surface area contributed by atoms with Gasteiger partial charge in [0.25, 0.3) is 0 Å². The summed E-state index contributed by atoms with van der Waals surface area (Å²) < 4.78 is 0. The van der Waals surface area contributed by atoms with E-state index < -0.39 is 0 Å². The minimum Gasteiger partial charge on any atom is -0.397 e. The molecule has 1 fully saturated rings. The van der Waals surface area contributed by atoms with Crippen molar-refractivity contribution in [2.45, 2.75) is 19.3 Å². The number of nitrogens with zero attached hydrogens (tertiary/aromatic N) is 6. The first kappa shape index (κ1) is 17.8. The maximum atomic E-state index is 5.90. The van der Waals surface area contributed by atoms with Crippen molar-refractivity contribution in [1.29, 1.82) is 0 Å². The Labute approximate surface area is 177 Å². The van der Waals surface area contributed by atoms with Crippen LogP contribution in [0, 0.1) is 0 Å². The van der Waals surface area contributed by atoms with Crippen LogP contribution in [0.4, 0.5) is 11.4 Å². The zero-order valence-corrected chi connectivity index (χ0v) is 16.8. The van der Waals surface area contributed by atoms with E-state index in [1.54, 1.807) is 18.6 Å². The molecule has 9 heteroatoms. The third-order valence-electron chi connectivity index (χ3n) is 5.79. The lowest BCUT2D eigenvalue weighted by atomic mass is 10.1. The predicted octanol–water partition coefficient (Wildman–Crippen LogP) is 3.53. The number of imidazole rings is 1. The van der Waals surface area contributed by atoms with Gasteiger partial charge in [0.15, 0.2) is 17.1 Å². The molecule has 31 heavy (non-hydrogen) atoms. The highest BCUT2D eigenvalue weighted by Gasteiger charge is 2.19. The van der Waals surface area contributed by atoms with Crippen LogP contribution in [0.15, 0.2) is 43.0 Å². The third-order valence-corrected chi connectivity index (χ3v) is 5.79. The fourth-order valence-corrected chi connectivity index (χ4v) is 4.26. The third kappa shape index (κ3) is 3.05. The van der Waals surface area contributed by atoms with Gasteiger partial charge < -0.3 is 15.6 Å². The van der Waals surface area contributed by atoms with E-state index in [-0.39, 0.29) is 0 Å². The van der Waals surface area contributed by atoms with Crippen molar-refractivity contribution in [3.63, 3.8) is 0 Å². The number of piperidine rings is 1. The first-order chi connectivity index (χ1) is 15.3. The van der Waals surface area contributed by atoms with E-state index in [0.29, 0.717) is 22.9 Å². The van der Waals surface area contributed by atoms with Gasteiger partial charge in [-0.25, -0.2) is 15.0 Å². The van der Waals surface area contributed by atoms with Crippen molar-refractivity contribution < 1.29 is 0 Å². The van der Waals surface area contributed by atoms with Crippen LogP contribution < -0.4 is 10.6 Å². The van der Waals surface area contributed by atoms with Gasteiger partial charge in [0.05, 0.1) is 16.8 Å². The van der Waals surface area contributed by atoms with Gasteiger partial charge in [0, 0.05) is 49.0 Å². The van der Waals surface area contributed by atoms with E-state index in [1.165, 1.54) is 19.3 Å². The van der Waals surface area contributed by atoms with E-state index in [2.05, 4.69) is 35.0 Å². The van der Waals surface area contributed by atoms with Crippen molar-refractivity contribution in [2.24, 2.45) is 0 Å². The highest BCUT2D eigenvalue weighted by atomic mass is 15.2. The normalized spacial score (nSPS) is 14.5. The van der Waals surface area contributed by atoms with Crippen LogP contribution >= 0.6 is 0 Å². The summed E-state index contributed by atoms with van der Waals surface area (Å²) in [6.07, 6.45) is 10.7. The molecule has 0 spiro atoms. The average Bonchev–Trinajstić information content (AvgIpc) is 3.43. The highest BCUT2D eigenvalue weighted by Crippen LogP contribution is 2.32. The molecular formula is C22H21N9. The van der Waals surface area contributed by atoms with Crippen LogP contribution in [0.25, 0.3) is 44.8 Å². The van der Waals surface area contributed by atoms with Crippen LogP contribution in [0.3, 0.4) is 0 Å². The zero-order valence-electron chi connectivity index (χ0n) is 16.8. The molecule has 0 aromatic carbocycles. The second-order valence-electron chi connectivity index (χ2n) is 7.86. The Morgan fingerprint density at radius 3 is 2.68 bits per heavy atom. The Hall–Kier alpha value is -4.01. The molecule has 0 aliphatic carbocycles. The van der Waals surface area contributed by atoms with Gasteiger partial charge in [0.2, 0.25) is 0 Å². The molecule has 0 saturated carbocycles. The molecule has 6 heterocycles. The molecular weight excluding hydrogens is 390 g/mol. The number of hydrogen-bond acceptors (Lipinski definition) is 7. The number of aromatic nitrogens is 7. The van der Waals surface area contributed by atoms with Crippen LogP contribution in [0.5, 0.6) is 0 Å². The molecule has 1 aliphatic heterocycles. The maximum Gasteiger partial charge on any atom is 0.161 e. The summed E-state index contributed by atoms with van der Waals surface area (Å²) in [6, 6.07) is 5.96. The van der Waals surface area contributed by atoms with Gasteiger partial charge in [0.1, 0.15) is 11.2 Å². The Morgan fingerprint density at radius 2 is 1.81 bits per heavy atom. The second-order valence-corrected chi connectivity index (χ2v) is 7.86. The quantitative estimate of drug-likeness (QED) is 0.415. The van der Waals surface area contributed by atoms with Crippen LogP contribution in [0.2, 0.25) is 0 Å². The summed E-state index contributed by atoms with van der Waals surface area (Å²) in [5.74, 6) is 0.669. The van der Waals surface area contributed by atoms with Crippen molar-refractivity contribution in [3.05, 3.63) is 43.0 Å². The molecule has 5 aromatic rings.